The zero-order chi connectivity index (χ0) is 11.5. The Morgan fingerprint density at radius 1 is 1.62 bits per heavy atom. The number of aryl methyl sites for hydroxylation is 1. The summed E-state index contributed by atoms with van der Waals surface area (Å²) < 4.78 is 6.76. The van der Waals surface area contributed by atoms with Gasteiger partial charge < -0.3 is 9.32 Å². The standard InChI is InChI=1S/C11H13N3O2/c1-13(7-9-6-12-14(2)8-9)11(15)10-4-3-5-16-10/h3-6,8H,7H2,1-2H3. The Morgan fingerprint density at radius 2 is 2.44 bits per heavy atom. The summed E-state index contributed by atoms with van der Waals surface area (Å²) >= 11 is 0. The quantitative estimate of drug-likeness (QED) is 0.781. The maximum atomic E-state index is 11.8. The summed E-state index contributed by atoms with van der Waals surface area (Å²) in [5.41, 5.74) is 0.991. The average molecular weight is 219 g/mol. The minimum absolute atomic E-state index is 0.131. The average Bonchev–Trinajstić information content (AvgIpc) is 2.88. The van der Waals surface area contributed by atoms with Crippen molar-refractivity contribution in [2.45, 2.75) is 6.54 Å². The molecule has 0 spiro atoms. The van der Waals surface area contributed by atoms with Crippen LogP contribution in [0.15, 0.2) is 35.2 Å². The Labute approximate surface area is 93.3 Å². The molecule has 1 amide bonds. The second kappa shape index (κ2) is 4.22. The number of hydrogen-bond donors (Lipinski definition) is 0. The van der Waals surface area contributed by atoms with Crippen molar-refractivity contribution in [1.82, 2.24) is 14.7 Å². The topological polar surface area (TPSA) is 51.3 Å². The fraction of sp³-hybridized carbons (Fsp3) is 0.273. The zero-order valence-corrected chi connectivity index (χ0v) is 9.25. The van der Waals surface area contributed by atoms with E-state index in [2.05, 4.69) is 5.10 Å². The normalized spacial score (nSPS) is 10.4. The van der Waals surface area contributed by atoms with Gasteiger partial charge in [-0.1, -0.05) is 0 Å². The number of aromatic nitrogens is 2. The van der Waals surface area contributed by atoms with E-state index in [1.54, 1.807) is 35.0 Å². The van der Waals surface area contributed by atoms with Gasteiger partial charge in [0, 0.05) is 32.4 Å². The second-order valence-corrected chi connectivity index (χ2v) is 3.66. The van der Waals surface area contributed by atoms with Gasteiger partial charge in [-0.25, -0.2) is 0 Å². The molecule has 0 aliphatic carbocycles. The minimum atomic E-state index is -0.131. The van der Waals surface area contributed by atoms with Gasteiger partial charge in [0.1, 0.15) is 0 Å². The second-order valence-electron chi connectivity index (χ2n) is 3.66. The first kappa shape index (κ1) is 10.5. The zero-order valence-electron chi connectivity index (χ0n) is 9.25. The first-order valence-corrected chi connectivity index (χ1v) is 4.93. The number of hydrogen-bond acceptors (Lipinski definition) is 3. The van der Waals surface area contributed by atoms with Gasteiger partial charge in [0.15, 0.2) is 5.76 Å². The van der Waals surface area contributed by atoms with Crippen LogP contribution in [0.25, 0.3) is 0 Å². The molecule has 0 saturated carbocycles. The molecule has 0 saturated heterocycles. The summed E-state index contributed by atoms with van der Waals surface area (Å²) in [5.74, 6) is 0.222. The van der Waals surface area contributed by atoms with E-state index in [0.717, 1.165) is 5.56 Å². The third-order valence-corrected chi connectivity index (χ3v) is 2.26. The Balaban J connectivity index is 2.03. The predicted octanol–water partition coefficient (Wildman–Crippen LogP) is 1.29. The molecule has 5 heteroatoms. The summed E-state index contributed by atoms with van der Waals surface area (Å²) in [5, 5.41) is 4.05. The first-order chi connectivity index (χ1) is 7.66. The van der Waals surface area contributed by atoms with Crippen LogP contribution in [0.3, 0.4) is 0 Å². The smallest absolute Gasteiger partial charge is 0.289 e. The van der Waals surface area contributed by atoms with Crippen molar-refractivity contribution in [2.75, 3.05) is 7.05 Å². The lowest BCUT2D eigenvalue weighted by Crippen LogP contribution is -2.25. The molecule has 0 aliphatic heterocycles. The Morgan fingerprint density at radius 3 is 3.00 bits per heavy atom. The number of carbonyl (C=O) groups is 1. The molecule has 0 fully saturated rings. The molecule has 5 nitrogen and oxygen atoms in total. The maximum Gasteiger partial charge on any atom is 0.289 e. The van der Waals surface area contributed by atoms with E-state index in [0.29, 0.717) is 12.3 Å². The van der Waals surface area contributed by atoms with Crippen molar-refractivity contribution < 1.29 is 9.21 Å². The molecule has 0 radical (unpaired) electrons. The van der Waals surface area contributed by atoms with Crippen molar-refractivity contribution in [3.05, 3.63) is 42.1 Å². The van der Waals surface area contributed by atoms with Gasteiger partial charge in [-0.3, -0.25) is 9.48 Å². The highest BCUT2D eigenvalue weighted by Crippen LogP contribution is 2.07. The van der Waals surface area contributed by atoms with Crippen molar-refractivity contribution in [3.8, 4) is 0 Å². The third kappa shape index (κ3) is 2.13. The summed E-state index contributed by atoms with van der Waals surface area (Å²) in [6.45, 7) is 0.521. The molecule has 16 heavy (non-hydrogen) atoms. The van der Waals surface area contributed by atoms with Crippen LogP contribution >= 0.6 is 0 Å². The molecule has 2 aromatic heterocycles. The summed E-state index contributed by atoms with van der Waals surface area (Å²) in [6, 6.07) is 3.35. The van der Waals surface area contributed by atoms with E-state index in [1.165, 1.54) is 6.26 Å². The van der Waals surface area contributed by atoms with Crippen LogP contribution in [0.2, 0.25) is 0 Å². The van der Waals surface area contributed by atoms with E-state index in [-0.39, 0.29) is 5.91 Å². The summed E-state index contributed by atoms with van der Waals surface area (Å²) in [6.07, 6.45) is 5.11. The number of nitrogens with zero attached hydrogens (tertiary/aromatic N) is 3. The fourth-order valence-electron chi connectivity index (χ4n) is 1.49. The van der Waals surface area contributed by atoms with Gasteiger partial charge in [0.2, 0.25) is 0 Å². The minimum Gasteiger partial charge on any atom is -0.459 e. The molecule has 0 atom stereocenters. The van der Waals surface area contributed by atoms with Crippen LogP contribution in [-0.2, 0) is 13.6 Å². The van der Waals surface area contributed by atoms with E-state index in [1.807, 2.05) is 13.2 Å². The van der Waals surface area contributed by atoms with Gasteiger partial charge in [0.25, 0.3) is 5.91 Å². The molecule has 2 heterocycles. The molecule has 84 valence electrons. The molecule has 0 bridgehead atoms. The number of rotatable bonds is 3. The van der Waals surface area contributed by atoms with Crippen molar-refractivity contribution in [3.63, 3.8) is 0 Å². The molecule has 0 unspecified atom stereocenters. The molecule has 0 aliphatic rings. The Kier molecular flexibility index (Phi) is 2.76. The van der Waals surface area contributed by atoms with Crippen molar-refractivity contribution >= 4 is 5.91 Å². The lowest BCUT2D eigenvalue weighted by molar-refractivity contribution is 0.0753. The van der Waals surface area contributed by atoms with Crippen LogP contribution in [0.4, 0.5) is 0 Å². The lowest BCUT2D eigenvalue weighted by Gasteiger charge is -2.14. The van der Waals surface area contributed by atoms with Crippen LogP contribution in [0.1, 0.15) is 16.1 Å². The first-order valence-electron chi connectivity index (χ1n) is 4.93. The van der Waals surface area contributed by atoms with E-state index >= 15 is 0 Å². The van der Waals surface area contributed by atoms with Crippen LogP contribution < -0.4 is 0 Å². The van der Waals surface area contributed by atoms with Crippen molar-refractivity contribution in [1.29, 1.82) is 0 Å². The number of amides is 1. The number of carbonyl (C=O) groups excluding carboxylic acids is 1. The molecule has 0 N–H and O–H groups in total. The monoisotopic (exact) mass is 219 g/mol. The van der Waals surface area contributed by atoms with Gasteiger partial charge in [0.05, 0.1) is 12.5 Å². The van der Waals surface area contributed by atoms with Crippen LogP contribution in [0.5, 0.6) is 0 Å². The van der Waals surface area contributed by atoms with Gasteiger partial charge in [-0.15, -0.1) is 0 Å². The summed E-state index contributed by atoms with van der Waals surface area (Å²) in [7, 11) is 3.58. The van der Waals surface area contributed by atoms with Gasteiger partial charge >= 0.3 is 0 Å². The summed E-state index contributed by atoms with van der Waals surface area (Å²) in [4.78, 5) is 13.4. The molecule has 2 aromatic rings. The van der Waals surface area contributed by atoms with Crippen LogP contribution in [0, 0.1) is 0 Å². The molecule has 2 rings (SSSR count). The Hall–Kier alpha value is -2.04. The lowest BCUT2D eigenvalue weighted by atomic mass is 10.3. The molecular formula is C11H13N3O2. The highest BCUT2D eigenvalue weighted by Gasteiger charge is 2.14. The van der Waals surface area contributed by atoms with Crippen LogP contribution in [-0.4, -0.2) is 27.6 Å². The van der Waals surface area contributed by atoms with E-state index in [9.17, 15) is 4.79 Å². The predicted molar refractivity (Wildman–Crippen MR) is 57.7 cm³/mol. The fourth-order valence-corrected chi connectivity index (χ4v) is 1.49. The number of furan rings is 1. The highest BCUT2D eigenvalue weighted by atomic mass is 16.3. The van der Waals surface area contributed by atoms with Crippen molar-refractivity contribution in [2.24, 2.45) is 7.05 Å². The largest absolute Gasteiger partial charge is 0.459 e. The SMILES string of the molecule is CN(Cc1cnn(C)c1)C(=O)c1ccco1. The van der Waals surface area contributed by atoms with E-state index in [4.69, 9.17) is 4.42 Å². The Bertz CT molecular complexity index is 473. The molecular weight excluding hydrogens is 206 g/mol. The highest BCUT2D eigenvalue weighted by molar-refractivity contribution is 5.91. The third-order valence-electron chi connectivity index (χ3n) is 2.26. The molecule has 0 aromatic carbocycles. The maximum absolute atomic E-state index is 11.8. The van der Waals surface area contributed by atoms with E-state index < -0.39 is 0 Å². The van der Waals surface area contributed by atoms with Gasteiger partial charge in [-0.2, -0.15) is 5.10 Å². The van der Waals surface area contributed by atoms with Gasteiger partial charge in [-0.05, 0) is 12.1 Å².